The van der Waals surface area contributed by atoms with Crippen LogP contribution in [0.25, 0.3) is 21.8 Å². The number of hydrogen-bond acceptors (Lipinski definition) is 1. The van der Waals surface area contributed by atoms with Crippen molar-refractivity contribution in [3.8, 4) is 6.07 Å². The largest absolute Gasteiger partial charge is 0.338 e. The van der Waals surface area contributed by atoms with Crippen molar-refractivity contribution in [2.45, 2.75) is 11.9 Å². The lowest BCUT2D eigenvalue weighted by Gasteiger charge is -2.07. The average Bonchev–Trinajstić information content (AvgIpc) is 2.74. The summed E-state index contributed by atoms with van der Waals surface area (Å²) >= 11 is 5.98. The predicted molar refractivity (Wildman–Crippen MR) is 74.7 cm³/mol. The minimum Gasteiger partial charge on any atom is -0.338 e. The van der Waals surface area contributed by atoms with Gasteiger partial charge in [-0.1, -0.05) is 36.4 Å². The van der Waals surface area contributed by atoms with Crippen LogP contribution >= 0.6 is 11.6 Å². The molecule has 88 valence electrons. The van der Waals surface area contributed by atoms with E-state index in [2.05, 4.69) is 34.9 Å². The Balaban J connectivity index is 2.35. The molecule has 1 heterocycles. The Morgan fingerprint density at radius 2 is 1.50 bits per heavy atom. The van der Waals surface area contributed by atoms with Gasteiger partial charge in [-0.25, -0.2) is 0 Å². The summed E-state index contributed by atoms with van der Waals surface area (Å²) < 4.78 is 2.12. The monoisotopic (exact) mass is 254 g/mol. The van der Waals surface area contributed by atoms with E-state index in [1.54, 1.807) is 0 Å². The van der Waals surface area contributed by atoms with Crippen LogP contribution in [0.1, 0.15) is 0 Å². The highest BCUT2D eigenvalue weighted by molar-refractivity contribution is 6.22. The second-order valence-corrected chi connectivity index (χ2v) is 4.77. The van der Waals surface area contributed by atoms with Crippen molar-refractivity contribution in [1.29, 1.82) is 5.26 Å². The maximum absolute atomic E-state index is 8.88. The molecule has 1 aromatic heterocycles. The molecule has 3 heteroatoms. The second kappa shape index (κ2) is 4.36. The minimum absolute atomic E-state index is 0.506. The number of fused-ring (bicyclic) bond motifs is 3. The van der Waals surface area contributed by atoms with E-state index in [4.69, 9.17) is 16.9 Å². The van der Waals surface area contributed by atoms with Crippen molar-refractivity contribution < 1.29 is 0 Å². The standard InChI is InChI=1S/C15H11ClN2/c16-11(9-17)10-18-14-7-3-1-5-12(14)13-6-2-4-8-15(13)18/h1-8,11H,10H2. The lowest BCUT2D eigenvalue weighted by Crippen LogP contribution is -2.07. The molecular formula is C15H11ClN2. The quantitative estimate of drug-likeness (QED) is 0.637. The zero-order chi connectivity index (χ0) is 12.5. The normalized spacial score (nSPS) is 12.7. The molecule has 2 nitrogen and oxygen atoms in total. The highest BCUT2D eigenvalue weighted by Crippen LogP contribution is 2.29. The molecule has 18 heavy (non-hydrogen) atoms. The molecule has 0 spiro atoms. The smallest absolute Gasteiger partial charge is 0.138 e. The summed E-state index contributed by atoms with van der Waals surface area (Å²) in [5.41, 5.74) is 2.25. The van der Waals surface area contributed by atoms with Crippen LogP contribution in [-0.4, -0.2) is 9.94 Å². The first-order chi connectivity index (χ1) is 8.81. The van der Waals surface area contributed by atoms with Crippen LogP contribution in [0.3, 0.4) is 0 Å². The average molecular weight is 255 g/mol. The molecule has 0 aliphatic rings. The highest BCUT2D eigenvalue weighted by atomic mass is 35.5. The number of para-hydroxylation sites is 2. The van der Waals surface area contributed by atoms with E-state index in [9.17, 15) is 0 Å². The van der Waals surface area contributed by atoms with Crippen molar-refractivity contribution in [3.63, 3.8) is 0 Å². The lowest BCUT2D eigenvalue weighted by atomic mass is 10.2. The van der Waals surface area contributed by atoms with Gasteiger partial charge >= 0.3 is 0 Å². The van der Waals surface area contributed by atoms with Crippen molar-refractivity contribution in [2.24, 2.45) is 0 Å². The number of nitriles is 1. The van der Waals surface area contributed by atoms with Crippen LogP contribution in [0.5, 0.6) is 0 Å². The van der Waals surface area contributed by atoms with Gasteiger partial charge in [-0.05, 0) is 12.1 Å². The van der Waals surface area contributed by atoms with Crippen molar-refractivity contribution in [1.82, 2.24) is 4.57 Å². The molecule has 2 aromatic carbocycles. The summed E-state index contributed by atoms with van der Waals surface area (Å²) in [4.78, 5) is 0. The van der Waals surface area contributed by atoms with E-state index in [0.29, 0.717) is 6.54 Å². The van der Waals surface area contributed by atoms with Gasteiger partial charge in [-0.15, -0.1) is 11.6 Å². The summed E-state index contributed by atoms with van der Waals surface area (Å²) in [6, 6.07) is 18.5. The molecule has 0 bridgehead atoms. The predicted octanol–water partition coefficient (Wildman–Crippen LogP) is 3.93. The van der Waals surface area contributed by atoms with Gasteiger partial charge in [0.05, 0.1) is 12.6 Å². The number of alkyl halides is 1. The topological polar surface area (TPSA) is 28.7 Å². The van der Waals surface area contributed by atoms with Gasteiger partial charge in [-0.3, -0.25) is 0 Å². The van der Waals surface area contributed by atoms with E-state index in [1.165, 1.54) is 10.8 Å². The fourth-order valence-corrected chi connectivity index (χ4v) is 2.54. The molecule has 0 aliphatic heterocycles. The van der Waals surface area contributed by atoms with Gasteiger partial charge in [0.25, 0.3) is 0 Å². The third kappa shape index (κ3) is 1.64. The molecule has 0 aliphatic carbocycles. The maximum Gasteiger partial charge on any atom is 0.138 e. The van der Waals surface area contributed by atoms with Crippen LogP contribution in [0.2, 0.25) is 0 Å². The SMILES string of the molecule is N#CC(Cl)Cn1c2ccccc2c2ccccc21. The van der Waals surface area contributed by atoms with Crippen LogP contribution in [0.4, 0.5) is 0 Å². The van der Waals surface area contributed by atoms with E-state index < -0.39 is 5.38 Å². The van der Waals surface area contributed by atoms with Gasteiger partial charge < -0.3 is 4.57 Å². The number of nitrogens with zero attached hydrogens (tertiary/aromatic N) is 2. The van der Waals surface area contributed by atoms with Crippen molar-refractivity contribution >= 4 is 33.4 Å². The Morgan fingerprint density at radius 1 is 1.00 bits per heavy atom. The summed E-state index contributed by atoms with van der Waals surface area (Å²) in [5.74, 6) is 0. The third-order valence-corrected chi connectivity index (χ3v) is 3.40. The zero-order valence-electron chi connectivity index (χ0n) is 9.68. The van der Waals surface area contributed by atoms with Gasteiger partial charge in [0, 0.05) is 21.8 Å². The third-order valence-electron chi connectivity index (χ3n) is 3.16. The van der Waals surface area contributed by atoms with Gasteiger partial charge in [0.1, 0.15) is 5.38 Å². The van der Waals surface area contributed by atoms with E-state index >= 15 is 0 Å². The summed E-state index contributed by atoms with van der Waals surface area (Å²) in [5, 5.41) is 10.8. The number of rotatable bonds is 2. The minimum atomic E-state index is -0.510. The summed E-state index contributed by atoms with van der Waals surface area (Å²) in [7, 11) is 0. The molecule has 1 atom stereocenters. The Bertz CT molecular complexity index is 699. The Kier molecular flexibility index (Phi) is 2.70. The maximum atomic E-state index is 8.88. The van der Waals surface area contributed by atoms with Crippen molar-refractivity contribution in [3.05, 3.63) is 48.5 Å². The first-order valence-corrected chi connectivity index (χ1v) is 6.24. The lowest BCUT2D eigenvalue weighted by molar-refractivity contribution is 0.774. The molecule has 0 saturated heterocycles. The van der Waals surface area contributed by atoms with Gasteiger partial charge in [0.2, 0.25) is 0 Å². The molecule has 0 saturated carbocycles. The molecule has 0 radical (unpaired) electrons. The molecule has 0 amide bonds. The Morgan fingerprint density at radius 3 is 2.00 bits per heavy atom. The molecule has 3 rings (SSSR count). The fourth-order valence-electron chi connectivity index (χ4n) is 2.40. The first-order valence-electron chi connectivity index (χ1n) is 5.81. The van der Waals surface area contributed by atoms with Crippen molar-refractivity contribution in [2.75, 3.05) is 0 Å². The van der Waals surface area contributed by atoms with Crippen LogP contribution in [-0.2, 0) is 6.54 Å². The fraction of sp³-hybridized carbons (Fsp3) is 0.133. The molecular weight excluding hydrogens is 244 g/mol. The van der Waals surface area contributed by atoms with E-state index in [-0.39, 0.29) is 0 Å². The molecule has 0 fully saturated rings. The Hall–Kier alpha value is -1.98. The van der Waals surface area contributed by atoms with Gasteiger partial charge in [-0.2, -0.15) is 5.26 Å². The van der Waals surface area contributed by atoms with Crippen LogP contribution in [0.15, 0.2) is 48.5 Å². The number of aromatic nitrogens is 1. The number of benzene rings is 2. The second-order valence-electron chi connectivity index (χ2n) is 4.24. The van der Waals surface area contributed by atoms with E-state index in [1.807, 2.05) is 24.3 Å². The zero-order valence-corrected chi connectivity index (χ0v) is 10.4. The molecule has 3 aromatic rings. The highest BCUT2D eigenvalue weighted by Gasteiger charge is 2.12. The number of halogens is 1. The Labute approximate surface area is 110 Å². The van der Waals surface area contributed by atoms with E-state index in [0.717, 1.165) is 11.0 Å². The summed E-state index contributed by atoms with van der Waals surface area (Å²) in [6.07, 6.45) is 0. The number of hydrogen-bond donors (Lipinski definition) is 0. The van der Waals surface area contributed by atoms with Crippen LogP contribution in [0, 0.1) is 11.3 Å². The molecule has 0 N–H and O–H groups in total. The molecule has 1 unspecified atom stereocenters. The van der Waals surface area contributed by atoms with Gasteiger partial charge in [0.15, 0.2) is 0 Å². The van der Waals surface area contributed by atoms with Crippen LogP contribution < -0.4 is 0 Å². The summed E-state index contributed by atoms with van der Waals surface area (Å²) in [6.45, 7) is 0.506. The first kappa shape index (κ1) is 11.1.